The second-order valence-electron chi connectivity index (χ2n) is 5.39. The first kappa shape index (κ1) is 16.4. The highest BCUT2D eigenvalue weighted by molar-refractivity contribution is 7.89. The van der Waals surface area contributed by atoms with Crippen molar-refractivity contribution >= 4 is 10.0 Å². The molecule has 1 aliphatic rings. The fourth-order valence-corrected chi connectivity index (χ4v) is 4.00. The summed E-state index contributed by atoms with van der Waals surface area (Å²) in [5.41, 5.74) is 1.08. The molecule has 0 radical (unpaired) electrons. The van der Waals surface area contributed by atoms with Crippen LogP contribution in [-0.4, -0.2) is 52.6 Å². The number of methoxy groups -OCH3 is 1. The van der Waals surface area contributed by atoms with Gasteiger partial charge < -0.3 is 10.1 Å². The van der Waals surface area contributed by atoms with Gasteiger partial charge in [-0.05, 0) is 50.0 Å². The van der Waals surface area contributed by atoms with Crippen LogP contribution in [0.3, 0.4) is 0 Å². The summed E-state index contributed by atoms with van der Waals surface area (Å²) in [5, 5.41) is 3.25. The number of sulfonamides is 1. The Morgan fingerprint density at radius 1 is 1.24 bits per heavy atom. The molecule has 0 atom stereocenters. The molecule has 0 spiro atoms. The fourth-order valence-electron chi connectivity index (χ4n) is 2.58. The number of ether oxygens (including phenoxy) is 1. The molecule has 21 heavy (non-hydrogen) atoms. The summed E-state index contributed by atoms with van der Waals surface area (Å²) >= 11 is 0. The molecule has 118 valence electrons. The number of hydrogen-bond donors (Lipinski definition) is 1. The van der Waals surface area contributed by atoms with Crippen LogP contribution in [0.4, 0.5) is 0 Å². The first-order valence-corrected chi connectivity index (χ1v) is 8.76. The highest BCUT2D eigenvalue weighted by Gasteiger charge is 2.28. The maximum atomic E-state index is 12.6. The first-order chi connectivity index (χ1) is 10.1. The molecular formula is C15H24N2O3S. The summed E-state index contributed by atoms with van der Waals surface area (Å²) in [4.78, 5) is 0.365. The van der Waals surface area contributed by atoms with Crippen molar-refractivity contribution in [2.75, 3.05) is 33.9 Å². The molecule has 1 heterocycles. The standard InChI is InChI=1S/C15H24N2O3S/c1-17(14-7-10-16-11-8-14)21(18,19)15-5-3-13(4-6-15)9-12-20-2/h3-6,14,16H,7-12H2,1-2H3. The highest BCUT2D eigenvalue weighted by atomic mass is 32.2. The SMILES string of the molecule is COCCc1ccc(S(=O)(=O)N(C)C2CCNCC2)cc1. The van der Waals surface area contributed by atoms with Crippen LogP contribution >= 0.6 is 0 Å². The largest absolute Gasteiger partial charge is 0.384 e. The normalized spacial score (nSPS) is 17.3. The molecule has 0 bridgehead atoms. The topological polar surface area (TPSA) is 58.6 Å². The summed E-state index contributed by atoms with van der Waals surface area (Å²) in [7, 11) is -0.0574. The zero-order chi connectivity index (χ0) is 15.3. The van der Waals surface area contributed by atoms with Crippen LogP contribution in [0.15, 0.2) is 29.2 Å². The van der Waals surface area contributed by atoms with Gasteiger partial charge >= 0.3 is 0 Å². The van der Waals surface area contributed by atoms with Crippen LogP contribution in [0.1, 0.15) is 18.4 Å². The number of benzene rings is 1. The van der Waals surface area contributed by atoms with E-state index in [4.69, 9.17) is 4.74 Å². The second kappa shape index (κ2) is 7.35. The van der Waals surface area contributed by atoms with Crippen LogP contribution in [-0.2, 0) is 21.2 Å². The number of piperidine rings is 1. The maximum Gasteiger partial charge on any atom is 0.243 e. The Bertz CT molecular complexity index is 537. The monoisotopic (exact) mass is 312 g/mol. The number of rotatable bonds is 6. The molecule has 0 saturated carbocycles. The summed E-state index contributed by atoms with van der Waals surface area (Å²) in [6.45, 7) is 2.39. The lowest BCUT2D eigenvalue weighted by Gasteiger charge is -2.30. The molecule has 1 aromatic carbocycles. The Morgan fingerprint density at radius 2 is 1.86 bits per heavy atom. The lowest BCUT2D eigenvalue weighted by molar-refractivity contribution is 0.202. The van der Waals surface area contributed by atoms with Gasteiger partial charge in [0, 0.05) is 20.2 Å². The smallest absolute Gasteiger partial charge is 0.243 e. The van der Waals surface area contributed by atoms with E-state index < -0.39 is 10.0 Å². The maximum absolute atomic E-state index is 12.6. The minimum Gasteiger partial charge on any atom is -0.384 e. The minimum atomic E-state index is -3.40. The molecule has 0 aliphatic carbocycles. The molecule has 1 saturated heterocycles. The van der Waals surface area contributed by atoms with E-state index in [0.717, 1.165) is 37.9 Å². The summed E-state index contributed by atoms with van der Waals surface area (Å²) in [6.07, 6.45) is 2.52. The number of nitrogens with zero attached hydrogens (tertiary/aromatic N) is 1. The molecule has 1 aromatic rings. The third-order valence-electron chi connectivity index (χ3n) is 4.02. The molecule has 0 amide bonds. The lowest BCUT2D eigenvalue weighted by Crippen LogP contribution is -2.43. The van der Waals surface area contributed by atoms with E-state index in [1.807, 2.05) is 12.1 Å². The second-order valence-corrected chi connectivity index (χ2v) is 7.39. The molecular weight excluding hydrogens is 288 g/mol. The van der Waals surface area contributed by atoms with Crippen molar-refractivity contribution in [3.63, 3.8) is 0 Å². The van der Waals surface area contributed by atoms with Crippen molar-refractivity contribution in [3.05, 3.63) is 29.8 Å². The van der Waals surface area contributed by atoms with Gasteiger partial charge in [0.25, 0.3) is 0 Å². The number of nitrogens with one attached hydrogen (secondary N) is 1. The van der Waals surface area contributed by atoms with Crippen molar-refractivity contribution in [1.82, 2.24) is 9.62 Å². The molecule has 6 heteroatoms. The van der Waals surface area contributed by atoms with Gasteiger partial charge in [-0.15, -0.1) is 0 Å². The van der Waals surface area contributed by atoms with Gasteiger partial charge in [-0.2, -0.15) is 4.31 Å². The van der Waals surface area contributed by atoms with Crippen LogP contribution in [0.5, 0.6) is 0 Å². The lowest BCUT2D eigenvalue weighted by atomic mass is 10.1. The highest BCUT2D eigenvalue weighted by Crippen LogP contribution is 2.21. The Hall–Kier alpha value is -0.950. The molecule has 0 aromatic heterocycles. The van der Waals surface area contributed by atoms with Gasteiger partial charge in [-0.1, -0.05) is 12.1 Å². The predicted octanol–water partition coefficient (Wildman–Crippen LogP) is 1.25. The third-order valence-corrected chi connectivity index (χ3v) is 5.94. The third kappa shape index (κ3) is 4.03. The van der Waals surface area contributed by atoms with Gasteiger partial charge in [0.1, 0.15) is 0 Å². The average Bonchev–Trinajstić information content (AvgIpc) is 2.53. The first-order valence-electron chi connectivity index (χ1n) is 7.32. The zero-order valence-electron chi connectivity index (χ0n) is 12.7. The van der Waals surface area contributed by atoms with Crippen molar-refractivity contribution in [3.8, 4) is 0 Å². The van der Waals surface area contributed by atoms with Gasteiger partial charge in [0.2, 0.25) is 10.0 Å². The van der Waals surface area contributed by atoms with Crippen LogP contribution < -0.4 is 5.32 Å². The molecule has 1 aliphatic heterocycles. The van der Waals surface area contributed by atoms with E-state index in [2.05, 4.69) is 5.32 Å². The van der Waals surface area contributed by atoms with E-state index in [1.165, 1.54) is 4.31 Å². The quantitative estimate of drug-likeness (QED) is 0.859. The summed E-state index contributed by atoms with van der Waals surface area (Å²) < 4.78 is 31.8. The Kier molecular flexibility index (Phi) is 5.75. The van der Waals surface area contributed by atoms with Gasteiger partial charge in [0.05, 0.1) is 11.5 Å². The van der Waals surface area contributed by atoms with Gasteiger partial charge in [0.15, 0.2) is 0 Å². The van der Waals surface area contributed by atoms with Crippen molar-refractivity contribution in [2.24, 2.45) is 0 Å². The van der Waals surface area contributed by atoms with E-state index in [0.29, 0.717) is 11.5 Å². The van der Waals surface area contributed by atoms with Crippen molar-refractivity contribution in [2.45, 2.75) is 30.2 Å². The average molecular weight is 312 g/mol. The van der Waals surface area contributed by atoms with Crippen LogP contribution in [0.2, 0.25) is 0 Å². The Balaban J connectivity index is 2.10. The van der Waals surface area contributed by atoms with Gasteiger partial charge in [-0.25, -0.2) is 8.42 Å². The molecule has 2 rings (SSSR count). The molecule has 5 nitrogen and oxygen atoms in total. The van der Waals surface area contributed by atoms with E-state index >= 15 is 0 Å². The number of hydrogen-bond acceptors (Lipinski definition) is 4. The van der Waals surface area contributed by atoms with E-state index in [1.54, 1.807) is 26.3 Å². The molecule has 1 fully saturated rings. The van der Waals surface area contributed by atoms with E-state index in [9.17, 15) is 8.42 Å². The van der Waals surface area contributed by atoms with Gasteiger partial charge in [-0.3, -0.25) is 0 Å². The zero-order valence-corrected chi connectivity index (χ0v) is 13.5. The molecule has 1 N–H and O–H groups in total. The summed E-state index contributed by atoms with van der Waals surface area (Å²) in [5.74, 6) is 0. The Morgan fingerprint density at radius 3 is 2.43 bits per heavy atom. The van der Waals surface area contributed by atoms with Crippen molar-refractivity contribution < 1.29 is 13.2 Å². The Labute approximate surface area is 127 Å². The predicted molar refractivity (Wildman–Crippen MR) is 82.9 cm³/mol. The minimum absolute atomic E-state index is 0.0874. The van der Waals surface area contributed by atoms with Crippen LogP contribution in [0.25, 0.3) is 0 Å². The summed E-state index contributed by atoms with van der Waals surface area (Å²) in [6, 6.07) is 7.20. The van der Waals surface area contributed by atoms with Crippen molar-refractivity contribution in [1.29, 1.82) is 0 Å². The van der Waals surface area contributed by atoms with E-state index in [-0.39, 0.29) is 6.04 Å². The molecule has 0 unspecified atom stereocenters. The van der Waals surface area contributed by atoms with Crippen LogP contribution in [0, 0.1) is 0 Å². The fraction of sp³-hybridized carbons (Fsp3) is 0.600.